The van der Waals surface area contributed by atoms with Crippen molar-refractivity contribution < 1.29 is 0 Å². The van der Waals surface area contributed by atoms with Gasteiger partial charge in [0.1, 0.15) is 0 Å². The van der Waals surface area contributed by atoms with Crippen molar-refractivity contribution in [1.82, 2.24) is 9.55 Å². The number of fused-ring (bicyclic) bond motifs is 1. The minimum atomic E-state index is 0.572. The van der Waals surface area contributed by atoms with E-state index >= 15 is 0 Å². The topological polar surface area (TPSA) is 17.8 Å². The van der Waals surface area contributed by atoms with E-state index in [1.54, 1.807) is 0 Å². The molecule has 0 fully saturated rings. The maximum Gasteiger partial charge on any atom is 0.0958 e. The Balaban J connectivity index is 2.44. The minimum Gasteiger partial charge on any atom is -0.330 e. The quantitative estimate of drug-likeness (QED) is 0.807. The number of nitrogens with zero attached hydrogens (tertiary/aromatic N) is 2. The Kier molecular flexibility index (Phi) is 3.24. The van der Waals surface area contributed by atoms with Crippen molar-refractivity contribution >= 4 is 23.7 Å². The third kappa shape index (κ3) is 2.09. The first kappa shape index (κ1) is 11.5. The first-order chi connectivity index (χ1) is 7.61. The van der Waals surface area contributed by atoms with Crippen molar-refractivity contribution in [2.45, 2.75) is 27.3 Å². The largest absolute Gasteiger partial charge is 0.330 e. The van der Waals surface area contributed by atoms with Crippen LogP contribution in [0.25, 0.3) is 11.0 Å². The van der Waals surface area contributed by atoms with Gasteiger partial charge in [0, 0.05) is 6.54 Å². The highest BCUT2D eigenvalue weighted by atomic mass is 32.1. The molecule has 0 saturated heterocycles. The third-order valence-corrected chi connectivity index (χ3v) is 3.68. The van der Waals surface area contributed by atoms with Crippen molar-refractivity contribution in [3.05, 3.63) is 29.6 Å². The van der Waals surface area contributed by atoms with E-state index in [0.717, 1.165) is 17.8 Å². The summed E-state index contributed by atoms with van der Waals surface area (Å²) in [5, 5.41) is 0. The molecule has 1 unspecified atom stereocenters. The molecule has 0 saturated carbocycles. The van der Waals surface area contributed by atoms with Gasteiger partial charge in [0.2, 0.25) is 0 Å². The van der Waals surface area contributed by atoms with E-state index in [0.29, 0.717) is 5.92 Å². The van der Waals surface area contributed by atoms with Crippen LogP contribution in [0.15, 0.2) is 18.5 Å². The van der Waals surface area contributed by atoms with E-state index in [4.69, 9.17) is 0 Å². The molecule has 2 aromatic rings. The predicted octanol–water partition coefficient (Wildman–Crippen LogP) is 3.22. The van der Waals surface area contributed by atoms with E-state index in [2.05, 4.69) is 55.1 Å². The lowest BCUT2D eigenvalue weighted by Crippen LogP contribution is -2.07. The molecule has 0 bridgehead atoms. The monoisotopic (exact) mass is 234 g/mol. The molecule has 86 valence electrons. The third-order valence-electron chi connectivity index (χ3n) is 3.06. The molecule has 16 heavy (non-hydrogen) atoms. The van der Waals surface area contributed by atoms with Crippen molar-refractivity contribution in [1.29, 1.82) is 0 Å². The average molecular weight is 234 g/mol. The first-order valence-electron chi connectivity index (χ1n) is 5.64. The van der Waals surface area contributed by atoms with Crippen LogP contribution in [-0.2, 0) is 6.54 Å². The molecule has 1 atom stereocenters. The average Bonchev–Trinajstić information content (AvgIpc) is 2.62. The van der Waals surface area contributed by atoms with E-state index in [1.165, 1.54) is 16.6 Å². The molecule has 0 amide bonds. The second kappa shape index (κ2) is 4.50. The van der Waals surface area contributed by atoms with Gasteiger partial charge in [-0.05, 0) is 48.8 Å². The molecular formula is C13H18N2S. The highest BCUT2D eigenvalue weighted by Crippen LogP contribution is 2.19. The summed E-state index contributed by atoms with van der Waals surface area (Å²) in [6.45, 7) is 7.47. The van der Waals surface area contributed by atoms with Crippen LogP contribution in [0.5, 0.6) is 0 Å². The van der Waals surface area contributed by atoms with Crippen LogP contribution < -0.4 is 0 Å². The lowest BCUT2D eigenvalue weighted by Gasteiger charge is -2.10. The summed E-state index contributed by atoms with van der Waals surface area (Å²) in [4.78, 5) is 4.45. The summed E-state index contributed by atoms with van der Waals surface area (Å²) in [6.07, 6.45) is 1.93. The fraction of sp³-hybridized carbons (Fsp3) is 0.462. The zero-order valence-electron chi connectivity index (χ0n) is 10.1. The molecular weight excluding hydrogens is 216 g/mol. The van der Waals surface area contributed by atoms with Gasteiger partial charge in [-0.3, -0.25) is 0 Å². The smallest absolute Gasteiger partial charge is 0.0958 e. The Hall–Kier alpha value is -0.960. The van der Waals surface area contributed by atoms with E-state index < -0.39 is 0 Å². The van der Waals surface area contributed by atoms with Crippen molar-refractivity contribution in [2.75, 3.05) is 5.75 Å². The Bertz CT molecular complexity index is 502. The molecule has 1 aromatic heterocycles. The molecule has 0 radical (unpaired) electrons. The number of hydrogen-bond donors (Lipinski definition) is 1. The zero-order valence-corrected chi connectivity index (χ0v) is 11.0. The minimum absolute atomic E-state index is 0.572. The number of rotatable bonds is 3. The van der Waals surface area contributed by atoms with E-state index in [9.17, 15) is 0 Å². The van der Waals surface area contributed by atoms with Crippen molar-refractivity contribution in [2.24, 2.45) is 5.92 Å². The molecule has 3 heteroatoms. The number of aromatic nitrogens is 2. The maximum atomic E-state index is 4.45. The van der Waals surface area contributed by atoms with Crippen LogP contribution >= 0.6 is 12.6 Å². The highest BCUT2D eigenvalue weighted by Gasteiger charge is 2.07. The fourth-order valence-corrected chi connectivity index (χ4v) is 1.97. The molecule has 1 aromatic carbocycles. The molecule has 0 aliphatic heterocycles. The first-order valence-corrected chi connectivity index (χ1v) is 6.28. The second-order valence-electron chi connectivity index (χ2n) is 4.61. The standard InChI is InChI=1S/C13H18N2S/c1-9(7-16)6-15-8-14-12-4-10(2)11(3)5-13(12)15/h4-5,8-9,16H,6-7H2,1-3H3. The Morgan fingerprint density at radius 2 is 2.00 bits per heavy atom. The zero-order chi connectivity index (χ0) is 11.7. The summed E-state index contributed by atoms with van der Waals surface area (Å²) in [6, 6.07) is 4.38. The second-order valence-corrected chi connectivity index (χ2v) is 4.98. The Morgan fingerprint density at radius 3 is 2.69 bits per heavy atom. The Morgan fingerprint density at radius 1 is 1.31 bits per heavy atom. The van der Waals surface area contributed by atoms with Crippen LogP contribution in [-0.4, -0.2) is 15.3 Å². The summed E-state index contributed by atoms with van der Waals surface area (Å²) in [5.41, 5.74) is 4.96. The van der Waals surface area contributed by atoms with Crippen LogP contribution in [0.4, 0.5) is 0 Å². The van der Waals surface area contributed by atoms with Gasteiger partial charge in [-0.15, -0.1) is 0 Å². The SMILES string of the molecule is Cc1cc2ncn(CC(C)CS)c2cc1C. The van der Waals surface area contributed by atoms with Gasteiger partial charge in [-0.2, -0.15) is 12.6 Å². The Labute approximate surface area is 102 Å². The lowest BCUT2D eigenvalue weighted by molar-refractivity contribution is 0.541. The lowest BCUT2D eigenvalue weighted by atomic mass is 10.1. The summed E-state index contributed by atoms with van der Waals surface area (Å²) in [5.74, 6) is 1.48. The van der Waals surface area contributed by atoms with E-state index in [-0.39, 0.29) is 0 Å². The van der Waals surface area contributed by atoms with Gasteiger partial charge < -0.3 is 4.57 Å². The van der Waals surface area contributed by atoms with Gasteiger partial charge >= 0.3 is 0 Å². The fourth-order valence-electron chi connectivity index (χ4n) is 1.85. The van der Waals surface area contributed by atoms with Crippen LogP contribution in [0.1, 0.15) is 18.1 Å². The molecule has 2 nitrogen and oxygen atoms in total. The number of aryl methyl sites for hydroxylation is 2. The van der Waals surface area contributed by atoms with Crippen LogP contribution in [0.2, 0.25) is 0 Å². The van der Waals surface area contributed by atoms with Gasteiger partial charge in [0.25, 0.3) is 0 Å². The molecule has 0 spiro atoms. The number of hydrogen-bond acceptors (Lipinski definition) is 2. The molecule has 0 aliphatic rings. The normalized spacial score (nSPS) is 13.2. The van der Waals surface area contributed by atoms with Crippen molar-refractivity contribution in [3.63, 3.8) is 0 Å². The molecule has 0 N–H and O–H groups in total. The highest BCUT2D eigenvalue weighted by molar-refractivity contribution is 7.80. The summed E-state index contributed by atoms with van der Waals surface area (Å²) >= 11 is 4.32. The molecule has 2 rings (SSSR count). The van der Waals surface area contributed by atoms with Crippen LogP contribution in [0, 0.1) is 19.8 Å². The number of thiol groups is 1. The summed E-state index contributed by atoms with van der Waals surface area (Å²) in [7, 11) is 0. The molecule has 0 aliphatic carbocycles. The summed E-state index contributed by atoms with van der Waals surface area (Å²) < 4.78 is 2.22. The van der Waals surface area contributed by atoms with Gasteiger partial charge in [-0.1, -0.05) is 6.92 Å². The number of benzene rings is 1. The van der Waals surface area contributed by atoms with Gasteiger partial charge in [0.05, 0.1) is 17.4 Å². The van der Waals surface area contributed by atoms with Gasteiger partial charge in [0.15, 0.2) is 0 Å². The van der Waals surface area contributed by atoms with Crippen LogP contribution in [0.3, 0.4) is 0 Å². The van der Waals surface area contributed by atoms with Crippen molar-refractivity contribution in [3.8, 4) is 0 Å². The number of imidazole rings is 1. The molecule has 1 heterocycles. The van der Waals surface area contributed by atoms with Gasteiger partial charge in [-0.25, -0.2) is 4.98 Å². The van der Waals surface area contributed by atoms with E-state index in [1.807, 2.05) is 6.33 Å². The maximum absolute atomic E-state index is 4.45. The predicted molar refractivity (Wildman–Crippen MR) is 72.2 cm³/mol.